The largest absolute Gasteiger partial charge is 0.355 e. The van der Waals surface area contributed by atoms with E-state index < -0.39 is 4.92 Å². The van der Waals surface area contributed by atoms with Crippen molar-refractivity contribution in [2.45, 2.75) is 11.2 Å². The Morgan fingerprint density at radius 2 is 1.88 bits per heavy atom. The van der Waals surface area contributed by atoms with Gasteiger partial charge in [-0.15, -0.1) is 11.8 Å². The van der Waals surface area contributed by atoms with Crippen molar-refractivity contribution in [2.75, 3.05) is 20.0 Å². The van der Waals surface area contributed by atoms with E-state index in [0.29, 0.717) is 5.75 Å². The highest BCUT2D eigenvalue weighted by Gasteiger charge is 2.07. The van der Waals surface area contributed by atoms with Crippen molar-refractivity contribution in [2.24, 2.45) is 0 Å². The van der Waals surface area contributed by atoms with Crippen LogP contribution in [-0.2, 0) is 9.47 Å². The van der Waals surface area contributed by atoms with Crippen molar-refractivity contribution >= 4 is 17.4 Å². The number of nitro benzene ring substituents is 1. The van der Waals surface area contributed by atoms with Crippen LogP contribution in [0.2, 0.25) is 0 Å². The molecule has 0 saturated heterocycles. The van der Waals surface area contributed by atoms with Gasteiger partial charge in [0.15, 0.2) is 6.29 Å². The number of methoxy groups -OCH3 is 2. The zero-order valence-corrected chi connectivity index (χ0v) is 9.90. The van der Waals surface area contributed by atoms with Gasteiger partial charge in [-0.25, -0.2) is 0 Å². The van der Waals surface area contributed by atoms with Crippen LogP contribution in [0.25, 0.3) is 0 Å². The molecule has 1 aromatic carbocycles. The number of hydrogen-bond donors (Lipinski definition) is 0. The molecule has 16 heavy (non-hydrogen) atoms. The lowest BCUT2D eigenvalue weighted by Crippen LogP contribution is -2.15. The highest BCUT2D eigenvalue weighted by molar-refractivity contribution is 7.99. The molecule has 0 aliphatic rings. The summed E-state index contributed by atoms with van der Waals surface area (Å²) in [6.45, 7) is 0. The van der Waals surface area contributed by atoms with Gasteiger partial charge in [0.1, 0.15) is 0 Å². The van der Waals surface area contributed by atoms with Crippen molar-refractivity contribution in [1.29, 1.82) is 0 Å². The minimum atomic E-state index is -0.415. The third-order valence-electron chi connectivity index (χ3n) is 1.96. The van der Waals surface area contributed by atoms with E-state index in [1.807, 2.05) is 0 Å². The van der Waals surface area contributed by atoms with E-state index in [-0.39, 0.29) is 12.0 Å². The Morgan fingerprint density at radius 3 is 2.31 bits per heavy atom. The number of benzene rings is 1. The molecular formula is C10H13NO4S. The lowest BCUT2D eigenvalue weighted by atomic mass is 10.3. The average molecular weight is 243 g/mol. The van der Waals surface area contributed by atoms with E-state index in [1.165, 1.54) is 23.9 Å². The number of nitro groups is 1. The fourth-order valence-corrected chi connectivity index (χ4v) is 1.99. The summed E-state index contributed by atoms with van der Waals surface area (Å²) in [7, 11) is 3.15. The van der Waals surface area contributed by atoms with Gasteiger partial charge < -0.3 is 9.47 Å². The molecule has 0 spiro atoms. The van der Waals surface area contributed by atoms with Crippen molar-refractivity contribution in [3.05, 3.63) is 34.4 Å². The first-order chi connectivity index (χ1) is 7.67. The summed E-state index contributed by atoms with van der Waals surface area (Å²) in [5.41, 5.74) is 0.0967. The van der Waals surface area contributed by atoms with Gasteiger partial charge in [-0.05, 0) is 12.1 Å². The third kappa shape index (κ3) is 3.80. The van der Waals surface area contributed by atoms with Crippen LogP contribution in [0.15, 0.2) is 29.2 Å². The molecule has 1 aromatic rings. The van der Waals surface area contributed by atoms with Crippen LogP contribution < -0.4 is 0 Å². The Morgan fingerprint density at radius 1 is 1.31 bits per heavy atom. The Bertz CT molecular complexity index is 337. The van der Waals surface area contributed by atoms with Crippen LogP contribution in [0.3, 0.4) is 0 Å². The average Bonchev–Trinajstić information content (AvgIpc) is 2.31. The lowest BCUT2D eigenvalue weighted by molar-refractivity contribution is -0.384. The van der Waals surface area contributed by atoms with E-state index in [4.69, 9.17) is 9.47 Å². The predicted octanol–water partition coefficient (Wildman–Crippen LogP) is 2.31. The van der Waals surface area contributed by atoms with Gasteiger partial charge in [0.2, 0.25) is 0 Å². The summed E-state index contributed by atoms with van der Waals surface area (Å²) >= 11 is 1.53. The maximum atomic E-state index is 10.4. The van der Waals surface area contributed by atoms with E-state index in [0.717, 1.165) is 4.90 Å². The van der Waals surface area contributed by atoms with E-state index in [9.17, 15) is 10.1 Å². The Labute approximate surface area is 97.9 Å². The molecule has 0 radical (unpaired) electrons. The Kier molecular flexibility index (Phi) is 5.24. The number of non-ortho nitro benzene ring substituents is 1. The van der Waals surface area contributed by atoms with Crippen molar-refractivity contribution in [3.63, 3.8) is 0 Å². The molecule has 0 N–H and O–H groups in total. The zero-order chi connectivity index (χ0) is 12.0. The molecule has 0 saturated carbocycles. The number of hydrogen-bond acceptors (Lipinski definition) is 5. The Balaban J connectivity index is 2.52. The summed E-state index contributed by atoms with van der Waals surface area (Å²) in [6.07, 6.45) is -0.264. The van der Waals surface area contributed by atoms with Gasteiger partial charge in [0, 0.05) is 37.0 Å². The SMILES string of the molecule is COC(CSc1ccc([N+](=O)[O-])cc1)OC. The third-order valence-corrected chi connectivity index (χ3v) is 3.00. The summed E-state index contributed by atoms with van der Waals surface area (Å²) in [5.74, 6) is 0.644. The van der Waals surface area contributed by atoms with E-state index in [1.54, 1.807) is 26.4 Å². The van der Waals surface area contributed by atoms with E-state index in [2.05, 4.69) is 0 Å². The van der Waals surface area contributed by atoms with Gasteiger partial charge in [-0.2, -0.15) is 0 Å². The quantitative estimate of drug-likeness (QED) is 0.332. The second-order valence-corrected chi connectivity index (χ2v) is 4.06. The molecule has 0 amide bonds. The molecule has 6 heteroatoms. The van der Waals surface area contributed by atoms with Crippen molar-refractivity contribution < 1.29 is 14.4 Å². The van der Waals surface area contributed by atoms with Crippen LogP contribution in [-0.4, -0.2) is 31.2 Å². The van der Waals surface area contributed by atoms with Gasteiger partial charge in [-0.3, -0.25) is 10.1 Å². The molecule has 0 atom stereocenters. The molecule has 88 valence electrons. The number of ether oxygens (including phenoxy) is 2. The fraction of sp³-hybridized carbons (Fsp3) is 0.400. The molecule has 0 aliphatic carbocycles. The van der Waals surface area contributed by atoms with Gasteiger partial charge in [0.05, 0.1) is 4.92 Å². The summed E-state index contributed by atoms with van der Waals surface area (Å²) < 4.78 is 10.1. The summed E-state index contributed by atoms with van der Waals surface area (Å²) in [5, 5.41) is 10.4. The predicted molar refractivity (Wildman–Crippen MR) is 61.6 cm³/mol. The highest BCUT2D eigenvalue weighted by atomic mass is 32.2. The fourth-order valence-electron chi connectivity index (χ4n) is 1.06. The lowest BCUT2D eigenvalue weighted by Gasteiger charge is -2.12. The second-order valence-electron chi connectivity index (χ2n) is 2.96. The normalized spacial score (nSPS) is 10.7. The van der Waals surface area contributed by atoms with Crippen LogP contribution in [0.5, 0.6) is 0 Å². The molecule has 0 fully saturated rings. The summed E-state index contributed by atoms with van der Waals surface area (Å²) in [4.78, 5) is 11.0. The molecular weight excluding hydrogens is 230 g/mol. The van der Waals surface area contributed by atoms with Crippen LogP contribution in [0.1, 0.15) is 0 Å². The molecule has 5 nitrogen and oxygen atoms in total. The zero-order valence-electron chi connectivity index (χ0n) is 9.08. The Hall–Kier alpha value is -1.11. The van der Waals surface area contributed by atoms with Gasteiger partial charge >= 0.3 is 0 Å². The van der Waals surface area contributed by atoms with Gasteiger partial charge in [-0.1, -0.05) is 0 Å². The monoisotopic (exact) mass is 243 g/mol. The van der Waals surface area contributed by atoms with Crippen LogP contribution in [0.4, 0.5) is 5.69 Å². The van der Waals surface area contributed by atoms with Gasteiger partial charge in [0.25, 0.3) is 5.69 Å². The smallest absolute Gasteiger partial charge is 0.269 e. The minimum Gasteiger partial charge on any atom is -0.355 e. The number of thioether (sulfide) groups is 1. The number of rotatable bonds is 6. The van der Waals surface area contributed by atoms with Crippen molar-refractivity contribution in [1.82, 2.24) is 0 Å². The molecule has 0 bridgehead atoms. The van der Waals surface area contributed by atoms with E-state index >= 15 is 0 Å². The standard InChI is InChI=1S/C10H13NO4S/c1-14-10(15-2)7-16-9-5-3-8(4-6-9)11(12)13/h3-6,10H,7H2,1-2H3. The first-order valence-electron chi connectivity index (χ1n) is 4.60. The first-order valence-corrected chi connectivity index (χ1v) is 5.58. The maximum absolute atomic E-state index is 10.4. The molecule has 0 aromatic heterocycles. The molecule has 1 rings (SSSR count). The minimum absolute atomic E-state index is 0.0967. The molecule has 0 heterocycles. The summed E-state index contributed by atoms with van der Waals surface area (Å²) in [6, 6.07) is 6.39. The van der Waals surface area contributed by atoms with Crippen LogP contribution in [0, 0.1) is 10.1 Å². The second kappa shape index (κ2) is 6.47. The van der Waals surface area contributed by atoms with Crippen LogP contribution >= 0.6 is 11.8 Å². The molecule has 0 aliphatic heterocycles. The van der Waals surface area contributed by atoms with Crippen molar-refractivity contribution in [3.8, 4) is 0 Å². The maximum Gasteiger partial charge on any atom is 0.269 e. The first kappa shape index (κ1) is 13.0. The highest BCUT2D eigenvalue weighted by Crippen LogP contribution is 2.22. The number of nitrogens with zero attached hydrogens (tertiary/aromatic N) is 1. The topological polar surface area (TPSA) is 61.6 Å². The molecule has 0 unspecified atom stereocenters.